The third kappa shape index (κ3) is 15.5. The molecule has 0 amide bonds. The Bertz CT molecular complexity index is 648. The molecule has 0 N–H and O–H groups in total. The molecule has 1 rings (SSSR count). The zero-order valence-corrected chi connectivity index (χ0v) is 21.2. The van der Waals surface area contributed by atoms with E-state index in [1.54, 1.807) is 18.2 Å². The smallest absolute Gasteiger partial charge is 0.496 e. The van der Waals surface area contributed by atoms with Crippen molar-refractivity contribution in [1.82, 2.24) is 0 Å². The lowest BCUT2D eigenvalue weighted by atomic mass is 10.0. The molecule has 1 aromatic rings. The van der Waals surface area contributed by atoms with Crippen LogP contribution in [0.1, 0.15) is 120 Å². The van der Waals surface area contributed by atoms with Crippen LogP contribution in [0.25, 0.3) is 0 Å². The molecule has 0 spiro atoms. The van der Waals surface area contributed by atoms with Crippen molar-refractivity contribution in [3.63, 3.8) is 0 Å². The second kappa shape index (κ2) is 21.3. The minimum Gasteiger partial charge on any atom is -0.496 e. The number of hydrogen-bond donors (Lipinski definition) is 0. The Labute approximate surface area is 205 Å². The van der Waals surface area contributed by atoms with E-state index >= 15 is 0 Å². The van der Waals surface area contributed by atoms with Gasteiger partial charge >= 0.3 is 12.1 Å². The van der Waals surface area contributed by atoms with Gasteiger partial charge in [-0.05, 0) is 18.6 Å². The first-order valence-corrected chi connectivity index (χ1v) is 13.0. The lowest BCUT2D eigenvalue weighted by Gasteiger charge is -2.06. The highest BCUT2D eigenvalue weighted by molar-refractivity contribution is 5.92. The summed E-state index contributed by atoms with van der Waals surface area (Å²) in [6.45, 7) is 2.50. The summed E-state index contributed by atoms with van der Waals surface area (Å²) < 4.78 is 9.94. The van der Waals surface area contributed by atoms with Crippen LogP contribution < -0.4 is 4.74 Å². The van der Waals surface area contributed by atoms with Gasteiger partial charge in [-0.25, -0.2) is 14.5 Å². The average molecular weight is 481 g/mol. The van der Waals surface area contributed by atoms with Gasteiger partial charge in [-0.15, -0.1) is 0 Å². The number of methoxy groups -OCH3 is 1. The molecule has 0 aliphatic rings. The summed E-state index contributed by atoms with van der Waals surface area (Å²) in [4.78, 5) is 32.1. The van der Waals surface area contributed by atoms with Crippen molar-refractivity contribution in [3.05, 3.63) is 29.8 Å². The van der Waals surface area contributed by atoms with Crippen LogP contribution >= 0.6 is 0 Å². The Hall–Kier alpha value is -2.28. The molecule has 7 heteroatoms. The maximum Gasteiger partial charge on any atom is 0.543 e. The standard InChI is InChI=1S/C27H44O7/c1-3-4-5-6-7-8-9-10-11-12-13-14-15-16-17-20-23-31-27(29)33-34-32-26(28)24-21-18-19-22-25(24)30-2/h18-19,21-22H,3-17,20,23H2,1-2H3. The first kappa shape index (κ1) is 29.8. The van der Waals surface area contributed by atoms with Crippen LogP contribution in [0.2, 0.25) is 0 Å². The summed E-state index contributed by atoms with van der Waals surface area (Å²) in [7, 11) is 1.43. The predicted octanol–water partition coefficient (Wildman–Crippen LogP) is 8.11. The Balaban J connectivity index is 1.85. The van der Waals surface area contributed by atoms with Gasteiger partial charge in [0.25, 0.3) is 0 Å². The van der Waals surface area contributed by atoms with Crippen LogP contribution in [0, 0.1) is 0 Å². The van der Waals surface area contributed by atoms with Crippen LogP contribution in [-0.4, -0.2) is 25.8 Å². The van der Waals surface area contributed by atoms with E-state index in [2.05, 4.69) is 21.7 Å². The normalized spacial score (nSPS) is 10.6. The summed E-state index contributed by atoms with van der Waals surface area (Å²) >= 11 is 0. The van der Waals surface area contributed by atoms with Gasteiger partial charge in [0.2, 0.25) is 0 Å². The molecule has 0 fully saturated rings. The molecule has 0 saturated carbocycles. The quantitative estimate of drug-likeness (QED) is 0.0760. The third-order valence-electron chi connectivity index (χ3n) is 5.76. The highest BCUT2D eigenvalue weighted by atomic mass is 17.5. The average Bonchev–Trinajstić information content (AvgIpc) is 2.85. The van der Waals surface area contributed by atoms with Gasteiger partial charge in [-0.3, -0.25) is 4.89 Å². The van der Waals surface area contributed by atoms with Crippen LogP contribution in [0.15, 0.2) is 24.3 Å². The minimum atomic E-state index is -1.05. The van der Waals surface area contributed by atoms with Gasteiger partial charge in [-0.1, -0.05) is 115 Å². The van der Waals surface area contributed by atoms with Crippen LogP contribution in [0.4, 0.5) is 4.79 Å². The van der Waals surface area contributed by atoms with Crippen molar-refractivity contribution >= 4 is 12.1 Å². The molecule has 0 bridgehead atoms. The number of hydrogen-bond acceptors (Lipinski definition) is 7. The molecule has 0 heterocycles. The molecule has 0 aromatic heterocycles. The van der Waals surface area contributed by atoms with Crippen LogP contribution in [0.3, 0.4) is 0 Å². The monoisotopic (exact) mass is 480 g/mol. The van der Waals surface area contributed by atoms with Gasteiger partial charge in [0.1, 0.15) is 11.3 Å². The Morgan fingerprint density at radius 2 is 1.18 bits per heavy atom. The number of carbonyl (C=O) groups excluding carboxylic acids is 2. The van der Waals surface area contributed by atoms with Gasteiger partial charge < -0.3 is 9.47 Å². The molecule has 0 aliphatic heterocycles. The van der Waals surface area contributed by atoms with E-state index in [1.807, 2.05) is 0 Å². The summed E-state index contributed by atoms with van der Waals surface area (Å²) in [5.74, 6) is -0.523. The topological polar surface area (TPSA) is 80.3 Å². The van der Waals surface area contributed by atoms with E-state index in [4.69, 9.17) is 9.47 Å². The Morgan fingerprint density at radius 3 is 1.71 bits per heavy atom. The largest absolute Gasteiger partial charge is 0.543 e. The SMILES string of the molecule is CCCCCCCCCCCCCCCCCCOC(=O)OOOC(=O)c1ccccc1OC. The highest BCUT2D eigenvalue weighted by Crippen LogP contribution is 2.18. The molecule has 0 radical (unpaired) electrons. The Kier molecular flexibility index (Phi) is 18.6. The van der Waals surface area contributed by atoms with E-state index in [9.17, 15) is 9.59 Å². The van der Waals surface area contributed by atoms with E-state index in [0.29, 0.717) is 5.75 Å². The minimum absolute atomic E-state index is 0.148. The first-order chi connectivity index (χ1) is 16.7. The van der Waals surface area contributed by atoms with Gasteiger partial charge in [0.05, 0.1) is 18.8 Å². The highest BCUT2D eigenvalue weighted by Gasteiger charge is 2.16. The number of ether oxygens (including phenoxy) is 2. The molecule has 1 aromatic carbocycles. The van der Waals surface area contributed by atoms with E-state index in [0.717, 1.165) is 19.3 Å². The second-order valence-corrected chi connectivity index (χ2v) is 8.62. The van der Waals surface area contributed by atoms with E-state index < -0.39 is 12.1 Å². The molecule has 34 heavy (non-hydrogen) atoms. The van der Waals surface area contributed by atoms with Crippen molar-refractivity contribution in [1.29, 1.82) is 0 Å². The second-order valence-electron chi connectivity index (χ2n) is 8.62. The van der Waals surface area contributed by atoms with Gasteiger partial charge in [-0.2, -0.15) is 0 Å². The molecular formula is C27H44O7. The third-order valence-corrected chi connectivity index (χ3v) is 5.76. The maximum atomic E-state index is 11.9. The number of benzene rings is 1. The van der Waals surface area contributed by atoms with Crippen molar-refractivity contribution in [3.8, 4) is 5.75 Å². The fourth-order valence-electron chi connectivity index (χ4n) is 3.76. The maximum absolute atomic E-state index is 11.9. The predicted molar refractivity (Wildman–Crippen MR) is 131 cm³/mol. The molecule has 0 unspecified atom stereocenters. The van der Waals surface area contributed by atoms with Gasteiger partial charge in [0.15, 0.2) is 0 Å². The molecule has 0 atom stereocenters. The van der Waals surface area contributed by atoms with Crippen LogP contribution in [-0.2, 0) is 19.6 Å². The lowest BCUT2D eigenvalue weighted by Crippen LogP contribution is -2.13. The van der Waals surface area contributed by atoms with Crippen molar-refractivity contribution in [2.75, 3.05) is 13.7 Å². The summed E-state index contributed by atoms with van der Waals surface area (Å²) in [5.41, 5.74) is 0.148. The Morgan fingerprint density at radius 1 is 0.676 bits per heavy atom. The molecule has 7 nitrogen and oxygen atoms in total. The number of unbranched alkanes of at least 4 members (excludes halogenated alkanes) is 15. The van der Waals surface area contributed by atoms with Crippen molar-refractivity contribution in [2.24, 2.45) is 0 Å². The van der Waals surface area contributed by atoms with Crippen LogP contribution in [0.5, 0.6) is 5.75 Å². The summed E-state index contributed by atoms with van der Waals surface area (Å²) in [6, 6.07) is 6.46. The fourth-order valence-corrected chi connectivity index (χ4v) is 3.76. The van der Waals surface area contributed by atoms with E-state index in [-0.39, 0.29) is 12.2 Å². The van der Waals surface area contributed by atoms with Gasteiger partial charge in [0, 0.05) is 0 Å². The first-order valence-electron chi connectivity index (χ1n) is 13.0. The number of carbonyl (C=O) groups is 2. The molecule has 0 aliphatic carbocycles. The molecule has 194 valence electrons. The summed E-state index contributed by atoms with van der Waals surface area (Å²) in [5, 5.41) is 4.22. The van der Waals surface area contributed by atoms with E-state index in [1.165, 1.54) is 96.6 Å². The van der Waals surface area contributed by atoms with Crippen molar-refractivity contribution in [2.45, 2.75) is 110 Å². The summed E-state index contributed by atoms with van der Waals surface area (Å²) in [6.07, 6.45) is 19.4. The number of para-hydroxylation sites is 1. The molecule has 0 saturated heterocycles. The zero-order chi connectivity index (χ0) is 24.7. The molecular weight excluding hydrogens is 436 g/mol. The van der Waals surface area contributed by atoms with Crippen molar-refractivity contribution < 1.29 is 33.9 Å². The number of rotatable bonds is 21. The fraction of sp³-hybridized carbons (Fsp3) is 0.704. The zero-order valence-electron chi connectivity index (χ0n) is 21.2. The lowest BCUT2D eigenvalue weighted by molar-refractivity contribution is -0.452.